The van der Waals surface area contributed by atoms with Gasteiger partial charge in [-0.2, -0.15) is 0 Å². The van der Waals surface area contributed by atoms with Crippen molar-refractivity contribution in [1.29, 1.82) is 0 Å². The summed E-state index contributed by atoms with van der Waals surface area (Å²) in [6, 6.07) is 0. The molecule has 1 unspecified atom stereocenters. The third-order valence-corrected chi connectivity index (χ3v) is 4.22. The smallest absolute Gasteiger partial charge is 0.227 e. The van der Waals surface area contributed by atoms with Gasteiger partial charge in [0.15, 0.2) is 0 Å². The van der Waals surface area contributed by atoms with Crippen LogP contribution in [0.3, 0.4) is 0 Å². The molecule has 4 heteroatoms. The monoisotopic (exact) mass is 255 g/mol. The van der Waals surface area contributed by atoms with Gasteiger partial charge in [-0.25, -0.2) is 0 Å². The summed E-state index contributed by atoms with van der Waals surface area (Å²) in [5.41, 5.74) is 5.81. The van der Waals surface area contributed by atoms with Gasteiger partial charge in [0.1, 0.15) is 0 Å². The molecule has 0 radical (unpaired) electrons. The van der Waals surface area contributed by atoms with Crippen molar-refractivity contribution in [3.05, 3.63) is 0 Å². The molecule has 4 nitrogen and oxygen atoms in total. The molecule has 18 heavy (non-hydrogen) atoms. The SMILES string of the molecule is CCC(CC)CC(CN)C(=O)N1CCN(C)CC1. The van der Waals surface area contributed by atoms with Crippen LogP contribution in [0.15, 0.2) is 0 Å². The zero-order valence-corrected chi connectivity index (χ0v) is 12.2. The predicted molar refractivity (Wildman–Crippen MR) is 75.3 cm³/mol. The Bertz CT molecular complexity index is 245. The molecule has 1 aliphatic heterocycles. The molecule has 1 fully saturated rings. The highest BCUT2D eigenvalue weighted by Crippen LogP contribution is 2.20. The van der Waals surface area contributed by atoms with Crippen molar-refractivity contribution in [2.45, 2.75) is 33.1 Å². The highest BCUT2D eigenvalue weighted by Gasteiger charge is 2.27. The van der Waals surface area contributed by atoms with Crippen molar-refractivity contribution in [3.63, 3.8) is 0 Å². The van der Waals surface area contributed by atoms with E-state index in [0.29, 0.717) is 12.5 Å². The average Bonchev–Trinajstić information content (AvgIpc) is 2.40. The Hall–Kier alpha value is -0.610. The van der Waals surface area contributed by atoms with E-state index in [2.05, 4.69) is 25.8 Å². The molecule has 0 aromatic rings. The maximum absolute atomic E-state index is 12.4. The van der Waals surface area contributed by atoms with Crippen molar-refractivity contribution >= 4 is 5.91 Å². The van der Waals surface area contributed by atoms with Crippen LogP contribution in [0, 0.1) is 11.8 Å². The maximum Gasteiger partial charge on any atom is 0.227 e. The number of amides is 1. The molecule has 1 atom stereocenters. The second-order valence-corrected chi connectivity index (χ2v) is 5.48. The van der Waals surface area contributed by atoms with Gasteiger partial charge < -0.3 is 15.5 Å². The van der Waals surface area contributed by atoms with E-state index < -0.39 is 0 Å². The van der Waals surface area contributed by atoms with Gasteiger partial charge in [-0.1, -0.05) is 26.7 Å². The normalized spacial score (nSPS) is 19.3. The highest BCUT2D eigenvalue weighted by atomic mass is 16.2. The molecule has 1 saturated heterocycles. The number of likely N-dealkylation sites (N-methyl/N-ethyl adjacent to an activating group) is 1. The number of carbonyl (C=O) groups is 1. The van der Waals surface area contributed by atoms with Crippen LogP contribution in [0.5, 0.6) is 0 Å². The molecule has 2 N–H and O–H groups in total. The largest absolute Gasteiger partial charge is 0.340 e. The number of nitrogens with two attached hydrogens (primary N) is 1. The Morgan fingerprint density at radius 1 is 1.17 bits per heavy atom. The number of hydrogen-bond acceptors (Lipinski definition) is 3. The minimum Gasteiger partial charge on any atom is -0.340 e. The number of rotatable bonds is 6. The van der Waals surface area contributed by atoms with Gasteiger partial charge in [0.05, 0.1) is 5.92 Å². The Morgan fingerprint density at radius 3 is 2.17 bits per heavy atom. The quantitative estimate of drug-likeness (QED) is 0.775. The summed E-state index contributed by atoms with van der Waals surface area (Å²) in [7, 11) is 2.10. The van der Waals surface area contributed by atoms with E-state index in [-0.39, 0.29) is 11.8 Å². The van der Waals surface area contributed by atoms with E-state index in [1.165, 1.54) is 0 Å². The van der Waals surface area contributed by atoms with Gasteiger partial charge in [-0.05, 0) is 19.4 Å². The minimum atomic E-state index is 0.0262. The summed E-state index contributed by atoms with van der Waals surface area (Å²) in [5, 5.41) is 0. The van der Waals surface area contributed by atoms with E-state index >= 15 is 0 Å². The molecule has 0 bridgehead atoms. The second-order valence-electron chi connectivity index (χ2n) is 5.48. The molecule has 0 saturated carbocycles. The maximum atomic E-state index is 12.4. The van der Waals surface area contributed by atoms with Gasteiger partial charge in [0.2, 0.25) is 5.91 Å². The summed E-state index contributed by atoms with van der Waals surface area (Å²) >= 11 is 0. The van der Waals surface area contributed by atoms with Crippen molar-refractivity contribution in [2.24, 2.45) is 17.6 Å². The van der Waals surface area contributed by atoms with E-state index in [0.717, 1.165) is 45.4 Å². The minimum absolute atomic E-state index is 0.0262. The molecule has 1 heterocycles. The van der Waals surface area contributed by atoms with Crippen LogP contribution in [-0.2, 0) is 4.79 Å². The lowest BCUT2D eigenvalue weighted by molar-refractivity contribution is -0.137. The zero-order valence-electron chi connectivity index (χ0n) is 12.2. The van der Waals surface area contributed by atoms with Crippen LogP contribution in [0.2, 0.25) is 0 Å². The first-order valence-corrected chi connectivity index (χ1v) is 7.29. The molecule has 0 aliphatic carbocycles. The van der Waals surface area contributed by atoms with Crippen LogP contribution in [0.1, 0.15) is 33.1 Å². The Balaban J connectivity index is 2.50. The molecule has 0 aromatic carbocycles. The van der Waals surface area contributed by atoms with Crippen LogP contribution in [-0.4, -0.2) is 55.5 Å². The topological polar surface area (TPSA) is 49.6 Å². The molecule has 1 rings (SSSR count). The van der Waals surface area contributed by atoms with E-state index in [4.69, 9.17) is 5.73 Å². The van der Waals surface area contributed by atoms with Crippen LogP contribution >= 0.6 is 0 Å². The summed E-state index contributed by atoms with van der Waals surface area (Å²) in [6.45, 7) is 8.55. The van der Waals surface area contributed by atoms with Gasteiger partial charge in [-0.3, -0.25) is 4.79 Å². The fraction of sp³-hybridized carbons (Fsp3) is 0.929. The molecule has 1 aliphatic rings. The summed E-state index contributed by atoms with van der Waals surface area (Å²) in [6.07, 6.45) is 3.24. The van der Waals surface area contributed by atoms with Crippen molar-refractivity contribution in [3.8, 4) is 0 Å². The lowest BCUT2D eigenvalue weighted by Gasteiger charge is -2.35. The summed E-state index contributed by atoms with van der Waals surface area (Å²) in [5.74, 6) is 0.936. The third-order valence-electron chi connectivity index (χ3n) is 4.22. The lowest BCUT2D eigenvalue weighted by Crippen LogP contribution is -2.50. The fourth-order valence-electron chi connectivity index (χ4n) is 2.61. The number of carbonyl (C=O) groups excluding carboxylic acids is 1. The highest BCUT2D eigenvalue weighted by molar-refractivity contribution is 5.79. The molecule has 1 amide bonds. The predicted octanol–water partition coefficient (Wildman–Crippen LogP) is 1.16. The number of hydrogen-bond donors (Lipinski definition) is 1. The van der Waals surface area contributed by atoms with Crippen LogP contribution in [0.4, 0.5) is 0 Å². The van der Waals surface area contributed by atoms with E-state index in [1.54, 1.807) is 0 Å². The van der Waals surface area contributed by atoms with Crippen LogP contribution in [0.25, 0.3) is 0 Å². The molecule has 0 aromatic heterocycles. The first-order valence-electron chi connectivity index (χ1n) is 7.29. The molecule has 106 valence electrons. The lowest BCUT2D eigenvalue weighted by atomic mass is 9.89. The first-order chi connectivity index (χ1) is 8.62. The second kappa shape index (κ2) is 7.74. The fourth-order valence-corrected chi connectivity index (χ4v) is 2.61. The van der Waals surface area contributed by atoms with Gasteiger partial charge >= 0.3 is 0 Å². The molecular formula is C14H29N3O. The van der Waals surface area contributed by atoms with Crippen molar-refractivity contribution in [1.82, 2.24) is 9.80 Å². The van der Waals surface area contributed by atoms with Crippen molar-refractivity contribution in [2.75, 3.05) is 39.8 Å². The van der Waals surface area contributed by atoms with Gasteiger partial charge in [-0.15, -0.1) is 0 Å². The Kier molecular flexibility index (Phi) is 6.65. The zero-order chi connectivity index (χ0) is 13.5. The Labute approximate surface area is 111 Å². The van der Waals surface area contributed by atoms with Crippen LogP contribution < -0.4 is 5.73 Å². The van der Waals surface area contributed by atoms with Gasteiger partial charge in [0.25, 0.3) is 0 Å². The summed E-state index contributed by atoms with van der Waals surface area (Å²) < 4.78 is 0. The third kappa shape index (κ3) is 4.25. The first kappa shape index (κ1) is 15.4. The summed E-state index contributed by atoms with van der Waals surface area (Å²) in [4.78, 5) is 16.7. The Morgan fingerprint density at radius 2 is 1.72 bits per heavy atom. The number of nitrogens with zero attached hydrogens (tertiary/aromatic N) is 2. The number of piperazine rings is 1. The standard InChI is InChI=1S/C14H29N3O/c1-4-12(5-2)10-13(11-15)14(18)17-8-6-16(3)7-9-17/h12-13H,4-11,15H2,1-3H3. The van der Waals surface area contributed by atoms with Gasteiger partial charge in [0, 0.05) is 32.7 Å². The molecular weight excluding hydrogens is 226 g/mol. The average molecular weight is 255 g/mol. The van der Waals surface area contributed by atoms with Crippen molar-refractivity contribution < 1.29 is 4.79 Å². The van der Waals surface area contributed by atoms with E-state index in [1.807, 2.05) is 4.90 Å². The molecule has 0 spiro atoms. The van der Waals surface area contributed by atoms with E-state index in [9.17, 15) is 4.79 Å².